The first-order chi connectivity index (χ1) is 11.6. The second kappa shape index (κ2) is 5.73. The van der Waals surface area contributed by atoms with Crippen molar-refractivity contribution in [2.24, 2.45) is 10.9 Å². The Bertz CT molecular complexity index is 784. The van der Waals surface area contributed by atoms with Gasteiger partial charge >= 0.3 is 6.01 Å². The zero-order valence-corrected chi connectivity index (χ0v) is 14.5. The molecule has 1 saturated heterocycles. The van der Waals surface area contributed by atoms with Crippen LogP contribution >= 0.6 is 0 Å². The van der Waals surface area contributed by atoms with Gasteiger partial charge in [0.25, 0.3) is 0 Å². The van der Waals surface area contributed by atoms with Crippen molar-refractivity contribution in [3.63, 3.8) is 0 Å². The number of likely N-dealkylation sites (tertiary alicyclic amines) is 1. The quantitative estimate of drug-likeness (QED) is 0.878. The molecule has 1 spiro atoms. The van der Waals surface area contributed by atoms with Crippen LogP contribution in [0.5, 0.6) is 0 Å². The molecule has 0 amide bonds. The SMILES string of the molecule is CCN1CCC(C)C2(CN=C(Nc3nc4ccc(C)nc4o3)N2)C1. The van der Waals surface area contributed by atoms with Crippen molar-refractivity contribution in [3.05, 3.63) is 17.8 Å². The Kier molecular flexibility index (Phi) is 3.68. The smallest absolute Gasteiger partial charge is 0.304 e. The van der Waals surface area contributed by atoms with Crippen LogP contribution in [0.15, 0.2) is 21.5 Å². The molecule has 2 aromatic heterocycles. The highest BCUT2D eigenvalue weighted by atomic mass is 16.4. The van der Waals surface area contributed by atoms with Gasteiger partial charge in [-0.15, -0.1) is 0 Å². The number of pyridine rings is 1. The van der Waals surface area contributed by atoms with Crippen LogP contribution in [-0.4, -0.2) is 52.5 Å². The summed E-state index contributed by atoms with van der Waals surface area (Å²) in [5.74, 6) is 1.32. The van der Waals surface area contributed by atoms with E-state index in [4.69, 9.17) is 4.42 Å². The van der Waals surface area contributed by atoms with Gasteiger partial charge in [-0.05, 0) is 44.5 Å². The summed E-state index contributed by atoms with van der Waals surface area (Å²) in [7, 11) is 0. The molecule has 0 aliphatic carbocycles. The van der Waals surface area contributed by atoms with E-state index in [1.807, 2.05) is 19.1 Å². The maximum absolute atomic E-state index is 5.69. The van der Waals surface area contributed by atoms with Crippen LogP contribution in [0.2, 0.25) is 0 Å². The van der Waals surface area contributed by atoms with E-state index < -0.39 is 0 Å². The van der Waals surface area contributed by atoms with Crippen molar-refractivity contribution in [1.29, 1.82) is 0 Å². The van der Waals surface area contributed by atoms with Crippen molar-refractivity contribution in [3.8, 4) is 0 Å². The predicted octanol–water partition coefficient (Wildman–Crippen LogP) is 2.00. The topological polar surface area (TPSA) is 78.6 Å². The van der Waals surface area contributed by atoms with Crippen molar-refractivity contribution in [1.82, 2.24) is 20.2 Å². The first kappa shape index (κ1) is 15.4. The van der Waals surface area contributed by atoms with Crippen molar-refractivity contribution in [2.75, 3.05) is 31.5 Å². The number of nitrogens with one attached hydrogen (secondary N) is 2. The molecule has 0 bridgehead atoms. The summed E-state index contributed by atoms with van der Waals surface area (Å²) in [6.07, 6.45) is 1.19. The minimum absolute atomic E-state index is 0.0114. The Morgan fingerprint density at radius 2 is 2.29 bits per heavy atom. The number of guanidine groups is 1. The molecule has 2 aliphatic heterocycles. The van der Waals surface area contributed by atoms with Gasteiger partial charge in [0, 0.05) is 12.2 Å². The summed E-state index contributed by atoms with van der Waals surface area (Å²) >= 11 is 0. The van der Waals surface area contributed by atoms with Crippen molar-refractivity contribution in [2.45, 2.75) is 32.7 Å². The van der Waals surface area contributed by atoms with Crippen LogP contribution < -0.4 is 10.6 Å². The minimum atomic E-state index is 0.0114. The fourth-order valence-corrected chi connectivity index (χ4v) is 3.59. The Hall–Kier alpha value is -2.15. The normalized spacial score (nSPS) is 27.5. The van der Waals surface area contributed by atoms with Gasteiger partial charge in [-0.3, -0.25) is 10.3 Å². The highest BCUT2D eigenvalue weighted by Gasteiger charge is 2.44. The molecular weight excluding hydrogens is 304 g/mol. The highest BCUT2D eigenvalue weighted by Crippen LogP contribution is 2.30. The molecule has 128 valence electrons. The third-order valence-electron chi connectivity index (χ3n) is 5.28. The molecule has 2 N–H and O–H groups in total. The number of fused-ring (bicyclic) bond motifs is 1. The van der Waals surface area contributed by atoms with Crippen molar-refractivity contribution < 1.29 is 4.42 Å². The van der Waals surface area contributed by atoms with Gasteiger partial charge in [-0.25, -0.2) is 4.98 Å². The summed E-state index contributed by atoms with van der Waals surface area (Å²) in [5, 5.41) is 6.78. The van der Waals surface area contributed by atoms with Crippen LogP contribution in [0.1, 0.15) is 26.0 Å². The maximum atomic E-state index is 5.69. The molecule has 24 heavy (non-hydrogen) atoms. The van der Waals surface area contributed by atoms with Crippen molar-refractivity contribution >= 4 is 23.2 Å². The summed E-state index contributed by atoms with van der Waals surface area (Å²) in [4.78, 5) is 15.9. The first-order valence-corrected chi connectivity index (χ1v) is 8.64. The molecular formula is C17H24N6O. The highest BCUT2D eigenvalue weighted by molar-refractivity contribution is 5.94. The Labute approximate surface area is 141 Å². The first-order valence-electron chi connectivity index (χ1n) is 8.64. The van der Waals surface area contributed by atoms with Crippen LogP contribution in [0.3, 0.4) is 0 Å². The molecule has 1 fully saturated rings. The average Bonchev–Trinajstić information content (AvgIpc) is 3.14. The largest absolute Gasteiger partial charge is 0.404 e. The molecule has 2 unspecified atom stereocenters. The van der Waals surface area contributed by atoms with Gasteiger partial charge in [-0.1, -0.05) is 13.8 Å². The second-order valence-corrected chi connectivity index (χ2v) is 6.93. The van der Waals surface area contributed by atoms with Crippen LogP contribution in [0, 0.1) is 12.8 Å². The number of hydrogen-bond donors (Lipinski definition) is 2. The number of likely N-dealkylation sites (N-methyl/N-ethyl adjacent to an activating group) is 1. The molecule has 0 radical (unpaired) electrons. The zero-order chi connectivity index (χ0) is 16.7. The van der Waals surface area contributed by atoms with Gasteiger partial charge in [0.05, 0.1) is 12.1 Å². The van der Waals surface area contributed by atoms with Gasteiger partial charge in [0.1, 0.15) is 5.52 Å². The van der Waals surface area contributed by atoms with Crippen LogP contribution in [-0.2, 0) is 0 Å². The summed E-state index contributed by atoms with van der Waals surface area (Å²) in [6, 6.07) is 4.28. The van der Waals surface area contributed by atoms with Crippen LogP contribution in [0.4, 0.5) is 6.01 Å². The number of aryl methyl sites for hydroxylation is 1. The molecule has 2 aromatic rings. The molecule has 0 saturated carbocycles. The summed E-state index contributed by atoms with van der Waals surface area (Å²) < 4.78 is 5.69. The molecule has 4 rings (SSSR count). The lowest BCUT2D eigenvalue weighted by molar-refractivity contribution is 0.103. The van der Waals surface area contributed by atoms with E-state index in [1.165, 1.54) is 13.0 Å². The monoisotopic (exact) mass is 328 g/mol. The van der Waals surface area contributed by atoms with E-state index >= 15 is 0 Å². The minimum Gasteiger partial charge on any atom is -0.404 e. The molecule has 2 aliphatic rings. The molecule has 2 atom stereocenters. The molecule has 7 heteroatoms. The average molecular weight is 328 g/mol. The van der Waals surface area contributed by atoms with Gasteiger partial charge in [0.2, 0.25) is 5.71 Å². The van der Waals surface area contributed by atoms with E-state index in [0.717, 1.165) is 36.8 Å². The standard InChI is InChI=1S/C17H24N6O/c1-4-23-8-7-11(2)17(10-23)9-18-15(22-17)21-16-20-13-6-5-12(3)19-14(13)24-16/h5-6,11H,4,7-10H2,1-3H3,(H2,18,20,21,22). The Morgan fingerprint density at radius 3 is 3.12 bits per heavy atom. The number of rotatable bonds is 2. The van der Waals surface area contributed by atoms with Gasteiger partial charge < -0.3 is 14.6 Å². The van der Waals surface area contributed by atoms with Gasteiger partial charge in [0.15, 0.2) is 5.96 Å². The Morgan fingerprint density at radius 1 is 1.42 bits per heavy atom. The van der Waals surface area contributed by atoms with Gasteiger partial charge in [-0.2, -0.15) is 4.98 Å². The number of aromatic nitrogens is 2. The van der Waals surface area contributed by atoms with E-state index in [9.17, 15) is 0 Å². The maximum Gasteiger partial charge on any atom is 0.304 e. The lowest BCUT2D eigenvalue weighted by Gasteiger charge is -2.44. The predicted molar refractivity (Wildman–Crippen MR) is 94.2 cm³/mol. The summed E-state index contributed by atoms with van der Waals surface area (Å²) in [6.45, 7) is 10.5. The zero-order valence-electron chi connectivity index (χ0n) is 14.5. The lowest BCUT2D eigenvalue weighted by Crippen LogP contribution is -2.62. The number of oxazole rings is 1. The molecule has 4 heterocycles. The van der Waals surface area contributed by atoms with Crippen LogP contribution in [0.25, 0.3) is 11.2 Å². The second-order valence-electron chi connectivity index (χ2n) is 6.93. The summed E-state index contributed by atoms with van der Waals surface area (Å²) in [5.41, 5.74) is 2.22. The van der Waals surface area contributed by atoms with E-state index in [0.29, 0.717) is 17.6 Å². The van der Waals surface area contributed by atoms with E-state index in [2.05, 4.69) is 44.3 Å². The number of hydrogen-bond acceptors (Lipinski definition) is 7. The third-order valence-corrected chi connectivity index (χ3v) is 5.28. The number of anilines is 1. The molecule has 0 aromatic carbocycles. The lowest BCUT2D eigenvalue weighted by atomic mass is 9.80. The fourth-order valence-electron chi connectivity index (χ4n) is 3.59. The molecule has 7 nitrogen and oxygen atoms in total. The third kappa shape index (κ3) is 2.62. The Balaban J connectivity index is 1.49. The fraction of sp³-hybridized carbons (Fsp3) is 0.588. The number of nitrogens with zero attached hydrogens (tertiary/aromatic N) is 4. The van der Waals surface area contributed by atoms with E-state index in [-0.39, 0.29) is 5.54 Å². The number of aliphatic imine (C=N–C) groups is 1. The number of piperidine rings is 1. The van der Waals surface area contributed by atoms with E-state index in [1.54, 1.807) is 0 Å².